The molecule has 0 fully saturated rings. The molecular formula is C20H22N6O2. The van der Waals surface area contributed by atoms with Crippen LogP contribution in [-0.2, 0) is 20.6 Å². The van der Waals surface area contributed by atoms with Crippen molar-refractivity contribution in [1.29, 1.82) is 0 Å². The van der Waals surface area contributed by atoms with Gasteiger partial charge in [-0.05, 0) is 38.0 Å². The first-order chi connectivity index (χ1) is 13.3. The zero-order valence-corrected chi connectivity index (χ0v) is 16.6. The first kappa shape index (κ1) is 18.0. The normalized spacial score (nSPS) is 11.5. The van der Waals surface area contributed by atoms with Gasteiger partial charge in [0, 0.05) is 19.8 Å². The van der Waals surface area contributed by atoms with Crippen LogP contribution in [0.2, 0.25) is 0 Å². The van der Waals surface area contributed by atoms with Gasteiger partial charge in [-0.15, -0.1) is 0 Å². The number of hydrogen-bond acceptors (Lipinski definition) is 4. The molecule has 28 heavy (non-hydrogen) atoms. The molecule has 0 atom stereocenters. The van der Waals surface area contributed by atoms with Gasteiger partial charge in [0.2, 0.25) is 5.95 Å². The lowest BCUT2D eigenvalue weighted by Crippen LogP contribution is -2.40. The van der Waals surface area contributed by atoms with Crippen molar-refractivity contribution in [3.05, 3.63) is 73.7 Å². The minimum absolute atomic E-state index is 0.217. The van der Waals surface area contributed by atoms with Crippen molar-refractivity contribution in [2.75, 3.05) is 0 Å². The van der Waals surface area contributed by atoms with Crippen LogP contribution in [0.1, 0.15) is 22.5 Å². The van der Waals surface area contributed by atoms with E-state index in [0.717, 1.165) is 22.5 Å². The Hall–Kier alpha value is -3.42. The molecule has 0 saturated carbocycles. The lowest BCUT2D eigenvalue weighted by Gasteiger charge is -2.10. The zero-order valence-electron chi connectivity index (χ0n) is 16.6. The van der Waals surface area contributed by atoms with Crippen molar-refractivity contribution in [1.82, 2.24) is 28.5 Å². The molecule has 0 bridgehead atoms. The Morgan fingerprint density at radius 1 is 1.00 bits per heavy atom. The van der Waals surface area contributed by atoms with Gasteiger partial charge >= 0.3 is 5.69 Å². The molecule has 4 rings (SSSR count). The molecule has 0 radical (unpaired) electrons. The lowest BCUT2D eigenvalue weighted by atomic mass is 10.1. The quantitative estimate of drug-likeness (QED) is 0.542. The third kappa shape index (κ3) is 2.60. The predicted molar refractivity (Wildman–Crippen MR) is 107 cm³/mol. The van der Waals surface area contributed by atoms with Crippen LogP contribution >= 0.6 is 0 Å². The molecule has 0 aliphatic heterocycles. The van der Waals surface area contributed by atoms with Gasteiger partial charge in [-0.3, -0.25) is 13.9 Å². The fraction of sp³-hybridized carbons (Fsp3) is 0.300. The Balaban J connectivity index is 1.99. The monoisotopic (exact) mass is 378 g/mol. The molecule has 0 saturated heterocycles. The summed E-state index contributed by atoms with van der Waals surface area (Å²) in [5, 5.41) is 4.46. The Morgan fingerprint density at radius 3 is 2.36 bits per heavy atom. The summed E-state index contributed by atoms with van der Waals surface area (Å²) in [5.74, 6) is 0.501. The van der Waals surface area contributed by atoms with Gasteiger partial charge in [0.25, 0.3) is 5.56 Å². The zero-order chi connectivity index (χ0) is 20.2. The van der Waals surface area contributed by atoms with Crippen LogP contribution in [0.5, 0.6) is 0 Å². The molecule has 0 N–H and O–H groups in total. The number of imidazole rings is 1. The third-order valence-electron chi connectivity index (χ3n) is 5.13. The van der Waals surface area contributed by atoms with Crippen LogP contribution in [0, 0.1) is 20.8 Å². The van der Waals surface area contributed by atoms with Crippen molar-refractivity contribution in [3.8, 4) is 5.95 Å². The fourth-order valence-corrected chi connectivity index (χ4v) is 3.55. The van der Waals surface area contributed by atoms with Crippen molar-refractivity contribution >= 4 is 11.2 Å². The number of fused-ring (bicyclic) bond motifs is 1. The predicted octanol–water partition coefficient (Wildman–Crippen LogP) is 1.59. The Morgan fingerprint density at radius 2 is 1.71 bits per heavy atom. The number of aromatic nitrogens is 6. The van der Waals surface area contributed by atoms with E-state index >= 15 is 0 Å². The molecule has 0 aliphatic carbocycles. The highest BCUT2D eigenvalue weighted by Crippen LogP contribution is 2.16. The maximum absolute atomic E-state index is 13.2. The Labute approximate surface area is 161 Å². The molecular weight excluding hydrogens is 356 g/mol. The van der Waals surface area contributed by atoms with Gasteiger partial charge in [-0.25, -0.2) is 9.48 Å². The van der Waals surface area contributed by atoms with Crippen molar-refractivity contribution in [2.45, 2.75) is 27.3 Å². The van der Waals surface area contributed by atoms with E-state index in [9.17, 15) is 9.59 Å². The van der Waals surface area contributed by atoms with E-state index in [-0.39, 0.29) is 12.1 Å². The highest BCUT2D eigenvalue weighted by Gasteiger charge is 2.21. The molecule has 8 nitrogen and oxygen atoms in total. The van der Waals surface area contributed by atoms with E-state index < -0.39 is 5.69 Å². The molecule has 0 spiro atoms. The minimum Gasteiger partial charge on any atom is -0.306 e. The van der Waals surface area contributed by atoms with Gasteiger partial charge in [0.05, 0.1) is 12.2 Å². The summed E-state index contributed by atoms with van der Waals surface area (Å²) in [6.45, 7) is 6.01. The largest absolute Gasteiger partial charge is 0.332 e. The van der Waals surface area contributed by atoms with E-state index in [1.165, 1.54) is 9.13 Å². The molecule has 3 aromatic heterocycles. The first-order valence-corrected chi connectivity index (χ1v) is 9.04. The highest BCUT2D eigenvalue weighted by atomic mass is 16.2. The molecule has 3 heterocycles. The molecule has 144 valence electrons. The molecule has 0 amide bonds. The van der Waals surface area contributed by atoms with Crippen molar-refractivity contribution < 1.29 is 0 Å². The maximum Gasteiger partial charge on any atom is 0.332 e. The summed E-state index contributed by atoms with van der Waals surface area (Å²) in [6, 6.07) is 9.67. The SMILES string of the molecule is Cc1cc(C)n(-c2nc3c(c(=O)n(Cc4ccccc4C)c(=O)n3C)n2C)n1. The fourth-order valence-electron chi connectivity index (χ4n) is 3.55. The van der Waals surface area contributed by atoms with Gasteiger partial charge in [0.15, 0.2) is 11.2 Å². The van der Waals surface area contributed by atoms with E-state index in [0.29, 0.717) is 17.1 Å². The Bertz CT molecular complexity index is 1340. The van der Waals surface area contributed by atoms with Gasteiger partial charge in [-0.1, -0.05) is 24.3 Å². The summed E-state index contributed by atoms with van der Waals surface area (Å²) in [7, 11) is 3.40. The molecule has 8 heteroatoms. The van der Waals surface area contributed by atoms with Crippen LogP contribution in [-0.4, -0.2) is 28.5 Å². The van der Waals surface area contributed by atoms with E-state index in [2.05, 4.69) is 10.1 Å². The average Bonchev–Trinajstić information content (AvgIpc) is 3.17. The topological polar surface area (TPSA) is 79.6 Å². The maximum atomic E-state index is 13.2. The number of aryl methyl sites for hydroxylation is 5. The number of nitrogens with zero attached hydrogens (tertiary/aromatic N) is 6. The van der Waals surface area contributed by atoms with Crippen LogP contribution in [0.4, 0.5) is 0 Å². The molecule has 4 aromatic rings. The average molecular weight is 378 g/mol. The van der Waals surface area contributed by atoms with Gasteiger partial charge < -0.3 is 4.57 Å². The van der Waals surface area contributed by atoms with E-state index in [4.69, 9.17) is 0 Å². The van der Waals surface area contributed by atoms with Gasteiger partial charge in [0.1, 0.15) is 0 Å². The number of rotatable bonds is 3. The summed E-state index contributed by atoms with van der Waals surface area (Å²) < 4.78 is 6.07. The van der Waals surface area contributed by atoms with Gasteiger partial charge in [-0.2, -0.15) is 10.1 Å². The first-order valence-electron chi connectivity index (χ1n) is 9.04. The van der Waals surface area contributed by atoms with Crippen LogP contribution in [0.25, 0.3) is 17.1 Å². The second-order valence-corrected chi connectivity index (χ2v) is 7.14. The Kier molecular flexibility index (Phi) is 4.06. The van der Waals surface area contributed by atoms with Crippen LogP contribution in [0.15, 0.2) is 39.9 Å². The number of benzene rings is 1. The summed E-state index contributed by atoms with van der Waals surface area (Å²) >= 11 is 0. The standard InChI is InChI=1S/C20H22N6O2/c1-12-8-6-7-9-15(12)11-25-18(27)16-17(24(5)20(25)28)21-19(23(16)4)26-14(3)10-13(2)22-26/h6-10H,11H2,1-5H3. The lowest BCUT2D eigenvalue weighted by molar-refractivity contribution is 0.653. The van der Waals surface area contributed by atoms with E-state index in [1.807, 2.05) is 51.1 Å². The van der Waals surface area contributed by atoms with Crippen LogP contribution in [0.3, 0.4) is 0 Å². The number of hydrogen-bond donors (Lipinski definition) is 0. The molecule has 0 aliphatic rings. The molecule has 1 aromatic carbocycles. The van der Waals surface area contributed by atoms with E-state index in [1.54, 1.807) is 23.3 Å². The van der Waals surface area contributed by atoms with Crippen molar-refractivity contribution in [3.63, 3.8) is 0 Å². The van der Waals surface area contributed by atoms with Crippen molar-refractivity contribution in [2.24, 2.45) is 14.1 Å². The summed E-state index contributed by atoms with van der Waals surface area (Å²) in [5.41, 5.74) is 3.70. The third-order valence-corrected chi connectivity index (χ3v) is 5.13. The highest BCUT2D eigenvalue weighted by molar-refractivity contribution is 5.72. The second-order valence-electron chi connectivity index (χ2n) is 7.14. The smallest absolute Gasteiger partial charge is 0.306 e. The summed E-state index contributed by atoms with van der Waals surface area (Å²) in [4.78, 5) is 30.7. The van der Waals surface area contributed by atoms with Crippen LogP contribution < -0.4 is 11.2 Å². The second kappa shape index (κ2) is 6.33. The minimum atomic E-state index is -0.390. The molecule has 0 unspecified atom stereocenters. The summed E-state index contributed by atoms with van der Waals surface area (Å²) in [6.07, 6.45) is 0.